The maximum Gasteiger partial charge on any atom is 0.126 e. The monoisotopic (exact) mass is 363 g/mol. The molecular weight excluding hydrogens is 338 g/mol. The standard InChI is InChI=1S/C22H25N3O2/c1-27-19-7-5-16(6-8-19)13-23-22-10-9-20-17(3-2-4-21(20)24-22)14-25-12-11-18(26)15-25/h2-10,18,26H,11-15H2,1H3,(H,23,24)/t18-/m1/s1. The van der Waals surface area contributed by atoms with E-state index in [0.29, 0.717) is 6.54 Å². The molecule has 0 spiro atoms. The van der Waals surface area contributed by atoms with Crippen molar-refractivity contribution in [1.82, 2.24) is 9.88 Å². The zero-order chi connectivity index (χ0) is 18.6. The maximum atomic E-state index is 9.74. The second kappa shape index (κ2) is 7.94. The molecule has 0 amide bonds. The molecule has 2 heterocycles. The number of nitrogens with zero attached hydrogens (tertiary/aromatic N) is 2. The minimum Gasteiger partial charge on any atom is -0.497 e. The van der Waals surface area contributed by atoms with E-state index in [1.807, 2.05) is 18.2 Å². The van der Waals surface area contributed by atoms with Crippen molar-refractivity contribution >= 4 is 16.7 Å². The van der Waals surface area contributed by atoms with Crippen molar-refractivity contribution in [2.24, 2.45) is 0 Å². The molecular formula is C22H25N3O2. The van der Waals surface area contributed by atoms with Crippen LogP contribution < -0.4 is 10.1 Å². The number of likely N-dealkylation sites (tertiary alicyclic amines) is 1. The second-order valence-corrected chi connectivity index (χ2v) is 7.06. The molecule has 1 fully saturated rings. The Bertz CT molecular complexity index is 911. The van der Waals surface area contributed by atoms with Crippen molar-refractivity contribution in [2.45, 2.75) is 25.6 Å². The van der Waals surface area contributed by atoms with Crippen LogP contribution in [0.4, 0.5) is 5.82 Å². The largest absolute Gasteiger partial charge is 0.497 e. The molecule has 1 aromatic heterocycles. The third kappa shape index (κ3) is 4.21. The van der Waals surface area contributed by atoms with Crippen LogP contribution in [0.3, 0.4) is 0 Å². The molecule has 1 atom stereocenters. The molecule has 2 N–H and O–H groups in total. The molecule has 5 heteroatoms. The Hall–Kier alpha value is -2.63. The summed E-state index contributed by atoms with van der Waals surface area (Å²) >= 11 is 0. The van der Waals surface area contributed by atoms with Gasteiger partial charge in [0, 0.05) is 31.6 Å². The van der Waals surface area contributed by atoms with Crippen LogP contribution in [-0.2, 0) is 13.1 Å². The summed E-state index contributed by atoms with van der Waals surface area (Å²) in [6.07, 6.45) is 0.675. The molecule has 0 bridgehead atoms. The fraction of sp³-hybridized carbons (Fsp3) is 0.318. The third-order valence-corrected chi connectivity index (χ3v) is 5.10. The highest BCUT2D eigenvalue weighted by molar-refractivity contribution is 5.83. The van der Waals surface area contributed by atoms with Crippen molar-refractivity contribution in [1.29, 1.82) is 0 Å². The number of ether oxygens (including phenoxy) is 1. The van der Waals surface area contributed by atoms with E-state index in [-0.39, 0.29) is 6.10 Å². The predicted octanol–water partition coefficient (Wildman–Crippen LogP) is 3.42. The van der Waals surface area contributed by atoms with Gasteiger partial charge in [-0.1, -0.05) is 24.3 Å². The zero-order valence-electron chi connectivity index (χ0n) is 15.6. The predicted molar refractivity (Wildman–Crippen MR) is 108 cm³/mol. The number of methoxy groups -OCH3 is 1. The maximum absolute atomic E-state index is 9.74. The van der Waals surface area contributed by atoms with Crippen molar-refractivity contribution < 1.29 is 9.84 Å². The number of β-amino-alcohol motifs (C(OH)–C–C–N with tert-alkyl or cyclic N) is 1. The van der Waals surface area contributed by atoms with Crippen LogP contribution in [0.1, 0.15) is 17.5 Å². The molecule has 1 saturated heterocycles. The van der Waals surface area contributed by atoms with Crippen LogP contribution >= 0.6 is 0 Å². The number of hydrogen-bond acceptors (Lipinski definition) is 5. The summed E-state index contributed by atoms with van der Waals surface area (Å²) in [5, 5.41) is 14.3. The molecule has 1 aliphatic rings. The summed E-state index contributed by atoms with van der Waals surface area (Å²) in [5.74, 6) is 1.73. The number of hydrogen-bond donors (Lipinski definition) is 2. The van der Waals surface area contributed by atoms with E-state index in [1.54, 1.807) is 7.11 Å². The first-order chi connectivity index (χ1) is 13.2. The lowest BCUT2D eigenvalue weighted by molar-refractivity contribution is 0.175. The Labute approximate surface area is 159 Å². The van der Waals surface area contributed by atoms with Gasteiger partial charge in [-0.25, -0.2) is 4.98 Å². The SMILES string of the molecule is COc1ccc(CNc2ccc3c(CN4CC[C@@H](O)C4)cccc3n2)cc1. The summed E-state index contributed by atoms with van der Waals surface area (Å²) in [6.45, 7) is 3.28. The van der Waals surface area contributed by atoms with Crippen LogP contribution in [0, 0.1) is 0 Å². The quantitative estimate of drug-likeness (QED) is 0.703. The average molecular weight is 363 g/mol. The number of fused-ring (bicyclic) bond motifs is 1. The van der Waals surface area contributed by atoms with Gasteiger partial charge in [0.2, 0.25) is 0 Å². The molecule has 4 rings (SSSR count). The first-order valence-electron chi connectivity index (χ1n) is 9.37. The van der Waals surface area contributed by atoms with Crippen molar-refractivity contribution in [3.63, 3.8) is 0 Å². The highest BCUT2D eigenvalue weighted by Crippen LogP contribution is 2.23. The van der Waals surface area contributed by atoms with Crippen LogP contribution in [-0.4, -0.2) is 41.3 Å². The molecule has 0 aliphatic carbocycles. The number of rotatable bonds is 6. The summed E-state index contributed by atoms with van der Waals surface area (Å²) < 4.78 is 5.19. The van der Waals surface area contributed by atoms with E-state index in [4.69, 9.17) is 9.72 Å². The van der Waals surface area contributed by atoms with E-state index in [9.17, 15) is 5.11 Å². The third-order valence-electron chi connectivity index (χ3n) is 5.10. The Kier molecular flexibility index (Phi) is 5.23. The van der Waals surface area contributed by atoms with Gasteiger partial charge >= 0.3 is 0 Å². The van der Waals surface area contributed by atoms with Crippen LogP contribution in [0.15, 0.2) is 54.6 Å². The van der Waals surface area contributed by atoms with Crippen LogP contribution in [0.25, 0.3) is 10.9 Å². The molecule has 1 aliphatic heterocycles. The molecule has 140 valence electrons. The Morgan fingerprint density at radius 3 is 2.74 bits per heavy atom. The van der Waals surface area contributed by atoms with Gasteiger partial charge in [-0.05, 0) is 47.9 Å². The fourth-order valence-electron chi connectivity index (χ4n) is 3.59. The lowest BCUT2D eigenvalue weighted by Crippen LogP contribution is -2.21. The minimum atomic E-state index is -0.188. The Morgan fingerprint density at radius 1 is 1.15 bits per heavy atom. The molecule has 0 saturated carbocycles. The van der Waals surface area contributed by atoms with Gasteiger partial charge in [0.25, 0.3) is 0 Å². The van der Waals surface area contributed by atoms with E-state index >= 15 is 0 Å². The molecule has 0 radical (unpaired) electrons. The molecule has 3 aromatic rings. The number of benzene rings is 2. The summed E-state index contributed by atoms with van der Waals surface area (Å²) in [5.41, 5.74) is 3.43. The topological polar surface area (TPSA) is 57.6 Å². The Morgan fingerprint density at radius 2 is 2.00 bits per heavy atom. The highest BCUT2D eigenvalue weighted by Gasteiger charge is 2.20. The van der Waals surface area contributed by atoms with Gasteiger partial charge in [0.05, 0.1) is 18.7 Å². The number of anilines is 1. The van der Waals surface area contributed by atoms with Gasteiger partial charge in [-0.2, -0.15) is 0 Å². The second-order valence-electron chi connectivity index (χ2n) is 7.06. The molecule has 27 heavy (non-hydrogen) atoms. The van der Waals surface area contributed by atoms with E-state index < -0.39 is 0 Å². The van der Waals surface area contributed by atoms with Gasteiger partial charge < -0.3 is 15.2 Å². The van der Waals surface area contributed by atoms with Gasteiger partial charge in [-0.3, -0.25) is 4.90 Å². The fourth-order valence-corrected chi connectivity index (χ4v) is 3.59. The number of aliphatic hydroxyl groups is 1. The van der Waals surface area contributed by atoms with Gasteiger partial charge in [0.15, 0.2) is 0 Å². The van der Waals surface area contributed by atoms with Crippen molar-refractivity contribution in [2.75, 3.05) is 25.5 Å². The molecule has 0 unspecified atom stereocenters. The first-order valence-corrected chi connectivity index (χ1v) is 9.37. The molecule has 5 nitrogen and oxygen atoms in total. The lowest BCUT2D eigenvalue weighted by atomic mass is 10.1. The zero-order valence-corrected chi connectivity index (χ0v) is 15.6. The lowest BCUT2D eigenvalue weighted by Gasteiger charge is -2.16. The van der Waals surface area contributed by atoms with E-state index in [0.717, 1.165) is 43.1 Å². The van der Waals surface area contributed by atoms with E-state index in [1.165, 1.54) is 16.5 Å². The van der Waals surface area contributed by atoms with Gasteiger partial charge in [-0.15, -0.1) is 0 Å². The first kappa shape index (κ1) is 17.8. The number of aliphatic hydroxyl groups excluding tert-OH is 1. The molecule has 2 aromatic carbocycles. The average Bonchev–Trinajstić information content (AvgIpc) is 3.11. The van der Waals surface area contributed by atoms with Crippen molar-refractivity contribution in [3.8, 4) is 5.75 Å². The highest BCUT2D eigenvalue weighted by atomic mass is 16.5. The van der Waals surface area contributed by atoms with Crippen LogP contribution in [0.2, 0.25) is 0 Å². The minimum absolute atomic E-state index is 0.188. The number of pyridine rings is 1. The summed E-state index contributed by atoms with van der Waals surface area (Å²) in [4.78, 5) is 7.07. The number of nitrogens with one attached hydrogen (secondary N) is 1. The van der Waals surface area contributed by atoms with Gasteiger partial charge in [0.1, 0.15) is 11.6 Å². The van der Waals surface area contributed by atoms with Crippen LogP contribution in [0.5, 0.6) is 5.75 Å². The normalized spacial score (nSPS) is 17.3. The summed E-state index contributed by atoms with van der Waals surface area (Å²) in [6, 6.07) is 18.5. The van der Waals surface area contributed by atoms with Crippen molar-refractivity contribution in [3.05, 3.63) is 65.7 Å². The number of aromatic nitrogens is 1. The summed E-state index contributed by atoms with van der Waals surface area (Å²) in [7, 11) is 1.67. The Balaban J connectivity index is 1.47. The smallest absolute Gasteiger partial charge is 0.126 e. The van der Waals surface area contributed by atoms with E-state index in [2.05, 4.69) is 46.6 Å².